The molecule has 0 atom stereocenters. The molecule has 0 unspecified atom stereocenters. The minimum Gasteiger partial charge on any atom is -0.459 e. The predicted molar refractivity (Wildman–Crippen MR) is 108 cm³/mol. The van der Waals surface area contributed by atoms with Crippen LogP contribution in [0.15, 0.2) is 59.5 Å². The smallest absolute Gasteiger partial charge is 0.327 e. The first-order chi connectivity index (χ1) is 14.3. The maximum Gasteiger partial charge on any atom is 0.327 e. The van der Waals surface area contributed by atoms with E-state index in [4.69, 9.17) is 16.3 Å². The van der Waals surface area contributed by atoms with Crippen LogP contribution in [-0.2, 0) is 26.2 Å². The van der Waals surface area contributed by atoms with Crippen LogP contribution in [0.5, 0.6) is 0 Å². The summed E-state index contributed by atoms with van der Waals surface area (Å²) < 4.78 is 32.3. The Bertz CT molecular complexity index is 1250. The van der Waals surface area contributed by atoms with Crippen molar-refractivity contribution in [2.45, 2.75) is 18.4 Å². The van der Waals surface area contributed by atoms with E-state index in [1.165, 1.54) is 22.9 Å². The molecule has 1 aliphatic heterocycles. The van der Waals surface area contributed by atoms with E-state index in [0.717, 1.165) is 5.69 Å². The first-order valence-corrected chi connectivity index (χ1v) is 10.7. The van der Waals surface area contributed by atoms with E-state index in [1.54, 1.807) is 13.0 Å². The summed E-state index contributed by atoms with van der Waals surface area (Å²) in [6, 6.07) is 15.0. The lowest BCUT2D eigenvalue weighted by molar-refractivity contribution is -0.144. The van der Waals surface area contributed by atoms with Gasteiger partial charge in [-0.05, 0) is 31.2 Å². The van der Waals surface area contributed by atoms with Gasteiger partial charge in [-0.2, -0.15) is 5.10 Å². The molecule has 0 aliphatic carbocycles. The van der Waals surface area contributed by atoms with E-state index >= 15 is 0 Å². The van der Waals surface area contributed by atoms with Crippen molar-refractivity contribution < 1.29 is 22.7 Å². The molecule has 0 bridgehead atoms. The number of halogens is 1. The molecule has 1 amide bonds. The lowest BCUT2D eigenvalue weighted by Crippen LogP contribution is -2.35. The molecule has 30 heavy (non-hydrogen) atoms. The maximum atomic E-state index is 12.5. The fraction of sp³-hybridized carbons (Fsp3) is 0.150. The number of carbonyl (C=O) groups excluding carboxylic acids is 2. The fourth-order valence-electron chi connectivity index (χ4n) is 3.14. The van der Waals surface area contributed by atoms with Crippen LogP contribution in [0.2, 0.25) is 5.15 Å². The summed E-state index contributed by atoms with van der Waals surface area (Å²) in [4.78, 5) is 24.6. The molecular formula is C20H16ClN3O5S. The monoisotopic (exact) mass is 445 g/mol. The van der Waals surface area contributed by atoms with Crippen molar-refractivity contribution in [2.75, 3.05) is 6.54 Å². The van der Waals surface area contributed by atoms with Gasteiger partial charge in [-0.25, -0.2) is 17.4 Å². The normalized spacial score (nSPS) is 14.6. The number of benzene rings is 2. The lowest BCUT2D eigenvalue weighted by Gasteiger charge is -2.14. The van der Waals surface area contributed by atoms with Gasteiger partial charge in [0.15, 0.2) is 0 Å². The second-order valence-electron chi connectivity index (χ2n) is 6.58. The van der Waals surface area contributed by atoms with Crippen LogP contribution >= 0.6 is 11.6 Å². The number of hydrogen-bond acceptors (Lipinski definition) is 6. The summed E-state index contributed by atoms with van der Waals surface area (Å²) in [7, 11) is -4.08. The van der Waals surface area contributed by atoms with Crippen LogP contribution in [0.3, 0.4) is 0 Å². The molecule has 0 fully saturated rings. The number of carbonyl (C=O) groups is 2. The van der Waals surface area contributed by atoms with Crippen LogP contribution in [-0.4, -0.2) is 40.9 Å². The molecule has 3 aromatic rings. The highest BCUT2D eigenvalue weighted by molar-refractivity contribution is 7.90. The molecule has 4 rings (SSSR count). The number of fused-ring (bicyclic) bond motifs is 1. The number of aryl methyl sites for hydroxylation is 1. The highest BCUT2D eigenvalue weighted by atomic mass is 35.5. The molecule has 154 valence electrons. The van der Waals surface area contributed by atoms with E-state index in [0.29, 0.717) is 15.6 Å². The number of para-hydroxylation sites is 1. The van der Waals surface area contributed by atoms with Gasteiger partial charge in [0.1, 0.15) is 23.2 Å². The molecule has 1 aromatic heterocycles. The van der Waals surface area contributed by atoms with Gasteiger partial charge in [-0.3, -0.25) is 9.59 Å². The molecule has 8 nitrogen and oxygen atoms in total. The number of hydrogen-bond donors (Lipinski definition) is 0. The van der Waals surface area contributed by atoms with Crippen molar-refractivity contribution in [2.24, 2.45) is 0 Å². The van der Waals surface area contributed by atoms with Crippen molar-refractivity contribution in [1.82, 2.24) is 14.1 Å². The Labute approximate surface area is 177 Å². The van der Waals surface area contributed by atoms with Crippen molar-refractivity contribution in [3.63, 3.8) is 0 Å². The summed E-state index contributed by atoms with van der Waals surface area (Å²) in [5.41, 5.74) is 1.84. The molecule has 10 heteroatoms. The third-order valence-corrected chi connectivity index (χ3v) is 6.86. The van der Waals surface area contributed by atoms with Crippen LogP contribution in [0, 0.1) is 6.92 Å². The summed E-state index contributed by atoms with van der Waals surface area (Å²) >= 11 is 6.40. The lowest BCUT2D eigenvalue weighted by atomic mass is 10.2. The van der Waals surface area contributed by atoms with E-state index in [-0.39, 0.29) is 22.2 Å². The second-order valence-corrected chi connectivity index (χ2v) is 8.76. The Morgan fingerprint density at radius 3 is 2.47 bits per heavy atom. The van der Waals surface area contributed by atoms with Crippen LogP contribution < -0.4 is 0 Å². The van der Waals surface area contributed by atoms with Crippen molar-refractivity contribution in [3.05, 3.63) is 76.6 Å². The molecule has 0 spiro atoms. The predicted octanol–water partition coefficient (Wildman–Crippen LogP) is 2.72. The first kappa shape index (κ1) is 20.1. The average Bonchev–Trinajstić information content (AvgIpc) is 3.13. The number of sulfonamides is 1. The summed E-state index contributed by atoms with van der Waals surface area (Å²) in [6.45, 7) is 0.796. The Morgan fingerprint density at radius 1 is 1.10 bits per heavy atom. The van der Waals surface area contributed by atoms with Crippen molar-refractivity contribution >= 4 is 33.5 Å². The fourth-order valence-corrected chi connectivity index (χ4v) is 4.98. The van der Waals surface area contributed by atoms with Crippen LogP contribution in [0.4, 0.5) is 0 Å². The van der Waals surface area contributed by atoms with E-state index in [9.17, 15) is 18.0 Å². The van der Waals surface area contributed by atoms with E-state index < -0.39 is 28.4 Å². The first-order valence-electron chi connectivity index (χ1n) is 8.92. The standard InChI is InChI=1S/C20H16ClN3O5S/c1-13-16(19(21)24(22-13)14-7-3-2-4-8-14)12-29-18(25)11-23-20(26)15-9-5-6-10-17(15)30(23,27)28/h2-10H,11-12H2,1H3. The number of nitrogens with zero attached hydrogens (tertiary/aromatic N) is 3. The van der Waals surface area contributed by atoms with Crippen LogP contribution in [0.25, 0.3) is 5.69 Å². The van der Waals surface area contributed by atoms with Crippen molar-refractivity contribution in [1.29, 1.82) is 0 Å². The van der Waals surface area contributed by atoms with Crippen LogP contribution in [0.1, 0.15) is 21.6 Å². The Balaban J connectivity index is 1.48. The average molecular weight is 446 g/mol. The molecular weight excluding hydrogens is 430 g/mol. The highest BCUT2D eigenvalue weighted by Crippen LogP contribution is 2.30. The van der Waals surface area contributed by atoms with Crippen molar-refractivity contribution in [3.8, 4) is 5.69 Å². The Kier molecular flexibility index (Phi) is 5.08. The van der Waals surface area contributed by atoms with E-state index in [1.807, 2.05) is 30.3 Å². The number of rotatable bonds is 5. The Hall–Kier alpha value is -3.17. The third kappa shape index (κ3) is 3.35. The van der Waals surface area contributed by atoms with Gasteiger partial charge >= 0.3 is 5.97 Å². The molecule has 0 N–H and O–H groups in total. The highest BCUT2D eigenvalue weighted by Gasteiger charge is 2.42. The molecule has 0 radical (unpaired) electrons. The number of ether oxygens (including phenoxy) is 1. The largest absolute Gasteiger partial charge is 0.459 e. The number of aromatic nitrogens is 2. The zero-order valence-corrected chi connectivity index (χ0v) is 17.4. The topological polar surface area (TPSA) is 98.6 Å². The molecule has 0 saturated carbocycles. The van der Waals surface area contributed by atoms with Gasteiger partial charge in [0, 0.05) is 5.56 Å². The SMILES string of the molecule is Cc1nn(-c2ccccc2)c(Cl)c1COC(=O)CN1C(=O)c2ccccc2S1(=O)=O. The molecule has 2 heterocycles. The summed E-state index contributed by atoms with van der Waals surface area (Å²) in [6.07, 6.45) is 0. The molecule has 2 aromatic carbocycles. The summed E-state index contributed by atoms with van der Waals surface area (Å²) in [5.74, 6) is -1.63. The van der Waals surface area contributed by atoms with Gasteiger partial charge < -0.3 is 4.74 Å². The number of esters is 1. The molecule has 0 saturated heterocycles. The minimum absolute atomic E-state index is 0.0355. The third-order valence-electron chi connectivity index (χ3n) is 4.68. The van der Waals surface area contributed by atoms with Gasteiger partial charge in [0.2, 0.25) is 0 Å². The maximum absolute atomic E-state index is 12.5. The minimum atomic E-state index is -4.08. The zero-order chi connectivity index (χ0) is 21.5. The van der Waals surface area contributed by atoms with Gasteiger partial charge in [0.05, 0.1) is 16.9 Å². The second kappa shape index (κ2) is 7.58. The summed E-state index contributed by atoms with van der Waals surface area (Å²) in [5, 5.41) is 4.64. The molecule has 1 aliphatic rings. The van der Waals surface area contributed by atoms with Gasteiger partial charge in [-0.15, -0.1) is 0 Å². The Morgan fingerprint density at radius 2 is 1.77 bits per heavy atom. The zero-order valence-electron chi connectivity index (χ0n) is 15.8. The van der Waals surface area contributed by atoms with Gasteiger partial charge in [0.25, 0.3) is 15.9 Å². The quantitative estimate of drug-likeness (QED) is 0.560. The van der Waals surface area contributed by atoms with Gasteiger partial charge in [-0.1, -0.05) is 41.9 Å². The number of amides is 1. The van der Waals surface area contributed by atoms with E-state index in [2.05, 4.69) is 5.10 Å².